The first-order valence-corrected chi connectivity index (χ1v) is 11.8. The number of hydrogen-bond acceptors (Lipinski definition) is 4. The van der Waals surface area contributed by atoms with Crippen LogP contribution in [0.25, 0.3) is 0 Å². The molecule has 1 saturated heterocycles. The smallest absolute Gasteiger partial charge is 0.252 e. The van der Waals surface area contributed by atoms with E-state index in [1.165, 1.54) is 12.1 Å². The zero-order chi connectivity index (χ0) is 21.1. The summed E-state index contributed by atoms with van der Waals surface area (Å²) >= 11 is 3.50. The van der Waals surface area contributed by atoms with Crippen LogP contribution in [0.15, 0.2) is 57.9 Å². The number of benzene rings is 2. The molecule has 1 amide bonds. The van der Waals surface area contributed by atoms with Crippen LogP contribution < -0.4 is 10.0 Å². The molecule has 1 aliphatic heterocycles. The molecule has 1 heterocycles. The van der Waals surface area contributed by atoms with E-state index in [1.807, 2.05) is 24.3 Å². The molecule has 2 aromatic carbocycles. The topological polar surface area (TPSA) is 84.5 Å². The Morgan fingerprint density at radius 1 is 1.10 bits per heavy atom. The average Bonchev–Trinajstić information content (AvgIpc) is 2.68. The molecule has 0 unspecified atom stereocenters. The van der Waals surface area contributed by atoms with E-state index in [0.29, 0.717) is 31.6 Å². The van der Waals surface area contributed by atoms with Gasteiger partial charge in [-0.2, -0.15) is 0 Å². The van der Waals surface area contributed by atoms with E-state index in [4.69, 9.17) is 4.74 Å². The van der Waals surface area contributed by atoms with E-state index in [-0.39, 0.29) is 16.8 Å². The third-order valence-electron chi connectivity index (χ3n) is 4.87. The maximum atomic E-state index is 13.1. The van der Waals surface area contributed by atoms with E-state index >= 15 is 0 Å². The monoisotopic (exact) mass is 480 g/mol. The SMILES string of the molecule is CC(C)NS(=O)(=O)c1cccc(C(=O)NC2(c3cccc(Br)c3)CCOCC2)c1. The van der Waals surface area contributed by atoms with Crippen LogP contribution in [0.2, 0.25) is 0 Å². The lowest BCUT2D eigenvalue weighted by molar-refractivity contribution is 0.0345. The van der Waals surface area contributed by atoms with Gasteiger partial charge in [-0.15, -0.1) is 0 Å². The Bertz CT molecular complexity index is 986. The summed E-state index contributed by atoms with van der Waals surface area (Å²) in [5, 5.41) is 3.16. The van der Waals surface area contributed by atoms with E-state index < -0.39 is 15.6 Å². The number of amides is 1. The molecule has 1 aliphatic rings. The molecule has 1 fully saturated rings. The largest absolute Gasteiger partial charge is 0.381 e. The van der Waals surface area contributed by atoms with Crippen LogP contribution in [0.1, 0.15) is 42.6 Å². The standard InChI is InChI=1S/C21H25BrN2O4S/c1-15(2)24-29(26,27)19-8-3-5-16(13-19)20(25)23-21(9-11-28-12-10-21)17-6-4-7-18(22)14-17/h3-8,13-15,24H,9-12H2,1-2H3,(H,23,25). The van der Waals surface area contributed by atoms with Crippen molar-refractivity contribution in [1.82, 2.24) is 10.0 Å². The number of ether oxygens (including phenoxy) is 1. The van der Waals surface area contributed by atoms with Crippen molar-refractivity contribution < 1.29 is 17.9 Å². The fourth-order valence-corrected chi connectivity index (χ4v) is 5.16. The van der Waals surface area contributed by atoms with Gasteiger partial charge in [-0.05, 0) is 62.6 Å². The van der Waals surface area contributed by atoms with Crippen LogP contribution in [0.5, 0.6) is 0 Å². The Kier molecular flexibility index (Phi) is 6.78. The summed E-state index contributed by atoms with van der Waals surface area (Å²) in [5.41, 5.74) is 0.732. The molecule has 2 N–H and O–H groups in total. The highest BCUT2D eigenvalue weighted by Crippen LogP contribution is 2.34. The molecule has 0 aliphatic carbocycles. The number of carbonyl (C=O) groups is 1. The second kappa shape index (κ2) is 8.95. The van der Waals surface area contributed by atoms with Crippen molar-refractivity contribution in [2.75, 3.05) is 13.2 Å². The van der Waals surface area contributed by atoms with Gasteiger partial charge in [-0.25, -0.2) is 13.1 Å². The molecule has 0 spiro atoms. The van der Waals surface area contributed by atoms with Gasteiger partial charge in [0.15, 0.2) is 0 Å². The minimum atomic E-state index is -3.68. The Morgan fingerprint density at radius 2 is 1.79 bits per heavy atom. The Morgan fingerprint density at radius 3 is 2.45 bits per heavy atom. The number of carbonyl (C=O) groups excluding carboxylic acids is 1. The summed E-state index contributed by atoms with van der Waals surface area (Å²) in [7, 11) is -3.68. The molecule has 8 heteroatoms. The Balaban J connectivity index is 1.90. The van der Waals surface area contributed by atoms with Gasteiger partial charge in [-0.3, -0.25) is 4.79 Å². The maximum Gasteiger partial charge on any atom is 0.252 e. The number of nitrogens with one attached hydrogen (secondary N) is 2. The fourth-order valence-electron chi connectivity index (χ4n) is 3.46. The third-order valence-corrected chi connectivity index (χ3v) is 7.02. The highest BCUT2D eigenvalue weighted by molar-refractivity contribution is 9.10. The first-order valence-electron chi connectivity index (χ1n) is 9.51. The average molecular weight is 481 g/mol. The van der Waals surface area contributed by atoms with E-state index in [1.54, 1.807) is 26.0 Å². The van der Waals surface area contributed by atoms with Crippen LogP contribution >= 0.6 is 15.9 Å². The van der Waals surface area contributed by atoms with E-state index in [2.05, 4.69) is 26.0 Å². The van der Waals surface area contributed by atoms with Crippen molar-refractivity contribution in [2.24, 2.45) is 0 Å². The molecule has 0 atom stereocenters. The molecule has 0 radical (unpaired) electrons. The van der Waals surface area contributed by atoms with Crippen LogP contribution in [-0.4, -0.2) is 33.6 Å². The first-order chi connectivity index (χ1) is 13.7. The van der Waals surface area contributed by atoms with Gasteiger partial charge in [0, 0.05) is 29.3 Å². The van der Waals surface area contributed by atoms with Crippen molar-refractivity contribution in [3.8, 4) is 0 Å². The highest BCUT2D eigenvalue weighted by Gasteiger charge is 2.36. The summed E-state index contributed by atoms with van der Waals surface area (Å²) in [6.07, 6.45) is 1.28. The molecular weight excluding hydrogens is 456 g/mol. The first kappa shape index (κ1) is 22.0. The van der Waals surface area contributed by atoms with Crippen molar-refractivity contribution in [3.63, 3.8) is 0 Å². The molecule has 156 valence electrons. The van der Waals surface area contributed by atoms with Crippen LogP contribution in [0, 0.1) is 0 Å². The maximum absolute atomic E-state index is 13.1. The van der Waals surface area contributed by atoms with E-state index in [0.717, 1.165) is 10.0 Å². The predicted molar refractivity (Wildman–Crippen MR) is 115 cm³/mol. The fraction of sp³-hybridized carbons (Fsp3) is 0.381. The van der Waals surface area contributed by atoms with Gasteiger partial charge in [0.05, 0.1) is 10.4 Å². The zero-order valence-electron chi connectivity index (χ0n) is 16.4. The minimum absolute atomic E-state index is 0.0716. The molecule has 29 heavy (non-hydrogen) atoms. The zero-order valence-corrected chi connectivity index (χ0v) is 18.8. The predicted octanol–water partition coefficient (Wildman–Crippen LogP) is 3.57. The summed E-state index contributed by atoms with van der Waals surface area (Å²) < 4.78 is 33.9. The van der Waals surface area contributed by atoms with Crippen LogP contribution in [0.4, 0.5) is 0 Å². The molecule has 3 rings (SSSR count). The summed E-state index contributed by atoms with van der Waals surface area (Å²) in [5.74, 6) is -0.312. The Hall–Kier alpha value is -1.74. The van der Waals surface area contributed by atoms with Crippen LogP contribution in [0.3, 0.4) is 0 Å². The molecule has 2 aromatic rings. The molecule has 0 aromatic heterocycles. The van der Waals surface area contributed by atoms with E-state index in [9.17, 15) is 13.2 Å². The number of hydrogen-bond donors (Lipinski definition) is 2. The lowest BCUT2D eigenvalue weighted by atomic mass is 9.82. The van der Waals surface area contributed by atoms with Gasteiger partial charge in [0.25, 0.3) is 5.91 Å². The van der Waals surface area contributed by atoms with Crippen molar-refractivity contribution >= 4 is 31.9 Å². The second-order valence-electron chi connectivity index (χ2n) is 7.46. The summed E-state index contributed by atoms with van der Waals surface area (Å²) in [6, 6.07) is 13.7. The number of rotatable bonds is 6. The lowest BCUT2D eigenvalue weighted by Crippen LogP contribution is -2.49. The Labute approximate surface area is 180 Å². The van der Waals surface area contributed by atoms with Gasteiger partial charge in [-0.1, -0.05) is 34.1 Å². The van der Waals surface area contributed by atoms with Gasteiger partial charge in [0.2, 0.25) is 10.0 Å². The lowest BCUT2D eigenvalue weighted by Gasteiger charge is -2.38. The van der Waals surface area contributed by atoms with Gasteiger partial charge in [0.1, 0.15) is 0 Å². The summed E-state index contributed by atoms with van der Waals surface area (Å²) in [4.78, 5) is 13.2. The van der Waals surface area contributed by atoms with Gasteiger partial charge < -0.3 is 10.1 Å². The third kappa shape index (κ3) is 5.25. The minimum Gasteiger partial charge on any atom is -0.381 e. The summed E-state index contributed by atoms with van der Waals surface area (Å²) in [6.45, 7) is 4.58. The molecule has 0 saturated carbocycles. The van der Waals surface area contributed by atoms with Crippen molar-refractivity contribution in [3.05, 3.63) is 64.1 Å². The molecule has 6 nitrogen and oxygen atoms in total. The second-order valence-corrected chi connectivity index (χ2v) is 10.1. The van der Waals surface area contributed by atoms with Crippen molar-refractivity contribution in [1.29, 1.82) is 0 Å². The highest BCUT2D eigenvalue weighted by atomic mass is 79.9. The number of halogens is 1. The quantitative estimate of drug-likeness (QED) is 0.661. The van der Waals surface area contributed by atoms with Gasteiger partial charge >= 0.3 is 0 Å². The normalized spacial score (nSPS) is 16.6. The number of sulfonamides is 1. The van der Waals surface area contributed by atoms with Crippen molar-refractivity contribution in [2.45, 2.75) is 43.2 Å². The van der Waals surface area contributed by atoms with Crippen LogP contribution in [-0.2, 0) is 20.3 Å². The molecular formula is C21H25BrN2O4S. The molecule has 0 bridgehead atoms.